The van der Waals surface area contributed by atoms with E-state index in [9.17, 15) is 4.79 Å². The van der Waals surface area contributed by atoms with Gasteiger partial charge in [0.1, 0.15) is 0 Å². The molecule has 1 aliphatic rings. The summed E-state index contributed by atoms with van der Waals surface area (Å²) in [6.07, 6.45) is 1.60. The van der Waals surface area contributed by atoms with Gasteiger partial charge in [0.25, 0.3) is 0 Å². The zero-order valence-electron chi connectivity index (χ0n) is 15.6. The van der Waals surface area contributed by atoms with Crippen LogP contribution in [0.1, 0.15) is 16.1 Å². The summed E-state index contributed by atoms with van der Waals surface area (Å²) in [7, 11) is 1.56. The molecular weight excluding hydrogens is 358 g/mol. The van der Waals surface area contributed by atoms with Gasteiger partial charge in [-0.05, 0) is 29.8 Å². The van der Waals surface area contributed by atoms with Crippen LogP contribution in [-0.2, 0) is 4.74 Å². The molecule has 144 valence electrons. The molecule has 1 aliphatic heterocycles. The van der Waals surface area contributed by atoms with Crippen molar-refractivity contribution in [2.75, 3.05) is 38.3 Å². The lowest BCUT2D eigenvalue weighted by Gasteiger charge is -2.28. The quantitative estimate of drug-likeness (QED) is 0.545. The van der Waals surface area contributed by atoms with Gasteiger partial charge in [-0.15, -0.1) is 0 Å². The number of hydrogen-bond acceptors (Lipinski definition) is 6. The van der Waals surface area contributed by atoms with Gasteiger partial charge in [-0.2, -0.15) is 5.10 Å². The highest BCUT2D eigenvalue weighted by atomic mass is 16.5. The van der Waals surface area contributed by atoms with Gasteiger partial charge in [0.15, 0.2) is 17.1 Å². The molecule has 2 heterocycles. The maximum absolute atomic E-state index is 12.3. The number of carbonyl (C=O) groups is 1. The standard InChI is InChI=1S/C21H21N3O4/c1-26-18-4-2-3-16-13-19(28-20(16)18)21(25)23-22-14-15-5-7-17(8-6-15)24-9-11-27-12-10-24/h2-8,13-14H,9-12H2,1H3,(H,23,25)/b22-14-. The Balaban J connectivity index is 1.39. The highest BCUT2D eigenvalue weighted by molar-refractivity contribution is 5.97. The van der Waals surface area contributed by atoms with Gasteiger partial charge in [-0.25, -0.2) is 5.43 Å². The minimum absolute atomic E-state index is 0.180. The lowest BCUT2D eigenvalue weighted by molar-refractivity contribution is 0.0929. The molecule has 0 radical (unpaired) electrons. The van der Waals surface area contributed by atoms with Crippen molar-refractivity contribution in [1.29, 1.82) is 0 Å². The van der Waals surface area contributed by atoms with E-state index in [2.05, 4.69) is 15.4 Å². The first kappa shape index (κ1) is 18.1. The number of benzene rings is 2. The lowest BCUT2D eigenvalue weighted by atomic mass is 10.2. The number of fused-ring (bicyclic) bond motifs is 1. The molecule has 1 saturated heterocycles. The van der Waals surface area contributed by atoms with Crippen molar-refractivity contribution >= 4 is 28.8 Å². The van der Waals surface area contributed by atoms with Gasteiger partial charge >= 0.3 is 5.91 Å². The second-order valence-electron chi connectivity index (χ2n) is 6.38. The summed E-state index contributed by atoms with van der Waals surface area (Å²) in [4.78, 5) is 14.6. The number of methoxy groups -OCH3 is 1. The fourth-order valence-electron chi connectivity index (χ4n) is 3.12. The monoisotopic (exact) mass is 379 g/mol. The van der Waals surface area contributed by atoms with Gasteiger partial charge in [-0.1, -0.05) is 24.3 Å². The van der Waals surface area contributed by atoms with E-state index in [1.54, 1.807) is 25.5 Å². The smallest absolute Gasteiger partial charge is 0.307 e. The van der Waals surface area contributed by atoms with Crippen LogP contribution in [0.4, 0.5) is 5.69 Å². The first-order valence-electron chi connectivity index (χ1n) is 9.07. The summed E-state index contributed by atoms with van der Waals surface area (Å²) in [5, 5.41) is 4.82. The van der Waals surface area contributed by atoms with Gasteiger partial charge in [0.05, 0.1) is 26.5 Å². The third kappa shape index (κ3) is 3.84. The SMILES string of the molecule is COc1cccc2cc(C(=O)N/N=C\c3ccc(N4CCOCC4)cc3)oc12. The molecule has 0 spiro atoms. The summed E-state index contributed by atoms with van der Waals surface area (Å²) in [5.41, 5.74) is 5.08. The van der Waals surface area contributed by atoms with Crippen molar-refractivity contribution < 1.29 is 18.7 Å². The Morgan fingerprint density at radius 2 is 1.96 bits per heavy atom. The number of hydrazone groups is 1. The molecule has 3 aromatic rings. The van der Waals surface area contributed by atoms with Crippen LogP contribution in [0.2, 0.25) is 0 Å². The number of amides is 1. The Morgan fingerprint density at radius 1 is 1.18 bits per heavy atom. The first-order chi connectivity index (χ1) is 13.7. The van der Waals surface area contributed by atoms with E-state index >= 15 is 0 Å². The van der Waals surface area contributed by atoms with Gasteiger partial charge < -0.3 is 18.8 Å². The summed E-state index contributed by atoms with van der Waals surface area (Å²) < 4.78 is 16.2. The van der Waals surface area contributed by atoms with Crippen LogP contribution in [0.25, 0.3) is 11.0 Å². The van der Waals surface area contributed by atoms with Crippen molar-refractivity contribution in [1.82, 2.24) is 5.43 Å². The average molecular weight is 379 g/mol. The van der Waals surface area contributed by atoms with E-state index in [4.69, 9.17) is 13.9 Å². The molecule has 1 fully saturated rings. The summed E-state index contributed by atoms with van der Waals surface area (Å²) in [5.74, 6) is 0.346. The number of carbonyl (C=O) groups excluding carboxylic acids is 1. The normalized spacial score (nSPS) is 14.5. The van der Waals surface area contributed by atoms with Crippen molar-refractivity contribution in [3.8, 4) is 5.75 Å². The molecule has 0 aliphatic carbocycles. The number of ether oxygens (including phenoxy) is 2. The largest absolute Gasteiger partial charge is 0.493 e. The number of furan rings is 1. The van der Waals surface area contributed by atoms with E-state index < -0.39 is 5.91 Å². The maximum Gasteiger partial charge on any atom is 0.307 e. The van der Waals surface area contributed by atoms with Gasteiger partial charge in [0, 0.05) is 24.2 Å². The number of rotatable bonds is 5. The van der Waals surface area contributed by atoms with E-state index in [0.717, 1.165) is 42.9 Å². The van der Waals surface area contributed by atoms with Crippen LogP contribution in [0.5, 0.6) is 5.75 Å². The van der Waals surface area contributed by atoms with Crippen LogP contribution in [0.15, 0.2) is 58.0 Å². The van der Waals surface area contributed by atoms with E-state index in [-0.39, 0.29) is 5.76 Å². The van der Waals surface area contributed by atoms with Crippen LogP contribution >= 0.6 is 0 Å². The van der Waals surface area contributed by atoms with Crippen molar-refractivity contribution in [2.45, 2.75) is 0 Å². The second-order valence-corrected chi connectivity index (χ2v) is 6.38. The third-order valence-electron chi connectivity index (χ3n) is 4.60. The molecule has 1 amide bonds. The average Bonchev–Trinajstić information content (AvgIpc) is 3.19. The molecule has 1 N–H and O–H groups in total. The minimum Gasteiger partial charge on any atom is -0.493 e. The molecule has 0 atom stereocenters. The Labute approximate surface area is 162 Å². The summed E-state index contributed by atoms with van der Waals surface area (Å²) >= 11 is 0. The summed E-state index contributed by atoms with van der Waals surface area (Å²) in [6, 6.07) is 15.2. The van der Waals surface area contributed by atoms with Crippen molar-refractivity contribution in [3.63, 3.8) is 0 Å². The van der Waals surface area contributed by atoms with E-state index in [1.165, 1.54) is 0 Å². The molecule has 1 aromatic heterocycles. The zero-order valence-corrected chi connectivity index (χ0v) is 15.6. The number of nitrogens with one attached hydrogen (secondary N) is 1. The fraction of sp³-hybridized carbons (Fsp3) is 0.238. The molecule has 0 saturated carbocycles. The van der Waals surface area contributed by atoms with Crippen LogP contribution in [-0.4, -0.2) is 45.5 Å². The van der Waals surface area contributed by atoms with Gasteiger partial charge in [-0.3, -0.25) is 4.79 Å². The Hall–Kier alpha value is -3.32. The predicted molar refractivity (Wildman–Crippen MR) is 107 cm³/mol. The third-order valence-corrected chi connectivity index (χ3v) is 4.60. The second kappa shape index (κ2) is 8.14. The molecular formula is C21H21N3O4. The lowest BCUT2D eigenvalue weighted by Crippen LogP contribution is -2.36. The van der Waals surface area contributed by atoms with Crippen molar-refractivity contribution in [3.05, 3.63) is 59.9 Å². The molecule has 0 unspecified atom stereocenters. The first-order valence-corrected chi connectivity index (χ1v) is 9.07. The molecule has 0 bridgehead atoms. The molecule has 7 nitrogen and oxygen atoms in total. The number of morpholine rings is 1. The van der Waals surface area contributed by atoms with E-state index in [0.29, 0.717) is 11.3 Å². The Bertz CT molecular complexity index is 989. The van der Waals surface area contributed by atoms with Crippen LogP contribution < -0.4 is 15.1 Å². The molecule has 2 aromatic carbocycles. The molecule has 4 rings (SSSR count). The minimum atomic E-state index is -0.417. The van der Waals surface area contributed by atoms with Gasteiger partial charge in [0.2, 0.25) is 0 Å². The Kier molecular flexibility index (Phi) is 5.25. The number of hydrogen-bond donors (Lipinski definition) is 1. The molecule has 28 heavy (non-hydrogen) atoms. The number of nitrogens with zero attached hydrogens (tertiary/aromatic N) is 2. The fourth-order valence-corrected chi connectivity index (χ4v) is 3.12. The van der Waals surface area contributed by atoms with E-state index in [1.807, 2.05) is 36.4 Å². The van der Waals surface area contributed by atoms with Crippen molar-refractivity contribution in [2.24, 2.45) is 5.10 Å². The zero-order chi connectivity index (χ0) is 19.3. The highest BCUT2D eigenvalue weighted by Crippen LogP contribution is 2.28. The van der Waals surface area contributed by atoms with Crippen LogP contribution in [0.3, 0.4) is 0 Å². The number of para-hydroxylation sites is 1. The topological polar surface area (TPSA) is 76.3 Å². The predicted octanol–water partition coefficient (Wildman–Crippen LogP) is 3.04. The number of anilines is 1. The summed E-state index contributed by atoms with van der Waals surface area (Å²) in [6.45, 7) is 3.30. The Morgan fingerprint density at radius 3 is 2.71 bits per heavy atom. The molecule has 7 heteroatoms. The van der Waals surface area contributed by atoms with Crippen LogP contribution in [0, 0.1) is 0 Å². The highest BCUT2D eigenvalue weighted by Gasteiger charge is 2.14. The maximum atomic E-state index is 12.3.